The minimum atomic E-state index is -4.52. The number of nitrogens with zero attached hydrogens (tertiary/aromatic N) is 2. The van der Waals surface area contributed by atoms with Gasteiger partial charge in [-0.2, -0.15) is 13.2 Å². The number of carbonyl (C=O) groups is 2. The van der Waals surface area contributed by atoms with E-state index in [9.17, 15) is 22.8 Å². The SMILES string of the molecule is CCC(=O)Nc1cc(C(=O)NC2=CC(C(F)(F)F)C(=CN3CCN(C)CC3)C=C2)ccc1OCCCCl. The van der Waals surface area contributed by atoms with Gasteiger partial charge in [-0.05, 0) is 49.4 Å². The van der Waals surface area contributed by atoms with E-state index in [1.807, 2.05) is 11.9 Å². The molecule has 1 fully saturated rings. The molecule has 0 radical (unpaired) electrons. The first kappa shape index (κ1) is 28.6. The molecule has 0 aromatic heterocycles. The summed E-state index contributed by atoms with van der Waals surface area (Å²) >= 11 is 5.68. The molecule has 1 saturated heterocycles. The lowest BCUT2D eigenvalue weighted by Gasteiger charge is -2.33. The Kier molecular flexibility index (Phi) is 10.0. The van der Waals surface area contributed by atoms with E-state index >= 15 is 0 Å². The molecule has 3 rings (SSSR count). The molecule has 2 amide bonds. The van der Waals surface area contributed by atoms with Crippen LogP contribution in [0.2, 0.25) is 0 Å². The van der Waals surface area contributed by atoms with Crippen molar-refractivity contribution in [2.75, 3.05) is 51.0 Å². The first-order valence-electron chi connectivity index (χ1n) is 12.2. The number of hydrogen-bond acceptors (Lipinski definition) is 5. The van der Waals surface area contributed by atoms with Crippen LogP contribution < -0.4 is 15.4 Å². The van der Waals surface area contributed by atoms with Crippen LogP contribution in [0.25, 0.3) is 0 Å². The molecule has 1 aliphatic heterocycles. The van der Waals surface area contributed by atoms with E-state index in [1.54, 1.807) is 13.1 Å². The van der Waals surface area contributed by atoms with Crippen LogP contribution in [-0.4, -0.2) is 73.5 Å². The second-order valence-electron chi connectivity index (χ2n) is 8.90. The molecule has 7 nitrogen and oxygen atoms in total. The van der Waals surface area contributed by atoms with E-state index in [1.165, 1.54) is 30.4 Å². The summed E-state index contributed by atoms with van der Waals surface area (Å²) in [5, 5.41) is 5.24. The minimum absolute atomic E-state index is 0.0458. The van der Waals surface area contributed by atoms with Crippen molar-refractivity contribution in [3.05, 3.63) is 59.5 Å². The Morgan fingerprint density at radius 2 is 1.89 bits per heavy atom. The van der Waals surface area contributed by atoms with Crippen molar-refractivity contribution in [2.45, 2.75) is 25.9 Å². The van der Waals surface area contributed by atoms with Gasteiger partial charge in [-0.15, -0.1) is 11.6 Å². The van der Waals surface area contributed by atoms with Gasteiger partial charge in [-0.3, -0.25) is 9.59 Å². The van der Waals surface area contributed by atoms with Crippen molar-refractivity contribution in [1.82, 2.24) is 15.1 Å². The van der Waals surface area contributed by atoms with Crippen molar-refractivity contribution in [2.24, 2.45) is 5.92 Å². The molecule has 1 aliphatic carbocycles. The Hall–Kier alpha value is -2.98. The highest BCUT2D eigenvalue weighted by Gasteiger charge is 2.41. The number of halogens is 4. The maximum atomic E-state index is 13.9. The van der Waals surface area contributed by atoms with Gasteiger partial charge in [-0.1, -0.05) is 13.0 Å². The third-order valence-corrected chi connectivity index (χ3v) is 6.28. The van der Waals surface area contributed by atoms with Gasteiger partial charge in [0.15, 0.2) is 0 Å². The van der Waals surface area contributed by atoms with Gasteiger partial charge in [0.1, 0.15) is 11.7 Å². The third kappa shape index (κ3) is 8.26. The van der Waals surface area contributed by atoms with Crippen LogP contribution >= 0.6 is 11.6 Å². The zero-order valence-electron chi connectivity index (χ0n) is 20.9. The van der Waals surface area contributed by atoms with Gasteiger partial charge >= 0.3 is 6.18 Å². The molecule has 37 heavy (non-hydrogen) atoms. The number of hydrogen-bond donors (Lipinski definition) is 2. The zero-order valence-corrected chi connectivity index (χ0v) is 21.7. The first-order chi connectivity index (χ1) is 17.6. The third-order valence-electron chi connectivity index (χ3n) is 6.01. The topological polar surface area (TPSA) is 73.9 Å². The fourth-order valence-corrected chi connectivity index (χ4v) is 3.96. The number of anilines is 1. The van der Waals surface area contributed by atoms with Gasteiger partial charge in [0.2, 0.25) is 5.91 Å². The van der Waals surface area contributed by atoms with Crippen LogP contribution in [-0.2, 0) is 4.79 Å². The molecule has 1 atom stereocenters. The molecular formula is C26H32ClF3N4O3. The Balaban J connectivity index is 1.77. The van der Waals surface area contributed by atoms with Crippen molar-refractivity contribution >= 4 is 29.1 Å². The lowest BCUT2D eigenvalue weighted by Crippen LogP contribution is -2.42. The molecular weight excluding hydrogens is 509 g/mol. The lowest BCUT2D eigenvalue weighted by atomic mass is 9.92. The van der Waals surface area contributed by atoms with Crippen molar-refractivity contribution < 1.29 is 27.5 Å². The van der Waals surface area contributed by atoms with Gasteiger partial charge < -0.3 is 25.2 Å². The molecule has 202 valence electrons. The number of ether oxygens (including phenoxy) is 1. The van der Waals surface area contributed by atoms with Crippen molar-refractivity contribution in [3.8, 4) is 5.75 Å². The number of carbonyl (C=O) groups excluding carboxylic acids is 2. The Bertz CT molecular complexity index is 1060. The van der Waals surface area contributed by atoms with Crippen LogP contribution in [0.15, 0.2) is 53.9 Å². The standard InChI is InChI=1S/C26H32ClF3N4O3/c1-3-24(35)32-22-15-18(6-8-23(22)37-14-4-9-27)25(36)31-20-7-5-19(21(16-20)26(28,29)30)17-34-12-10-33(2)11-13-34/h5-8,15-17,21H,3-4,9-14H2,1-2H3,(H,31,36)(H,32,35). The molecule has 1 aromatic carbocycles. The molecule has 2 N–H and O–H groups in total. The van der Waals surface area contributed by atoms with Crippen molar-refractivity contribution in [3.63, 3.8) is 0 Å². The Morgan fingerprint density at radius 1 is 1.16 bits per heavy atom. The average Bonchev–Trinajstić information content (AvgIpc) is 2.86. The van der Waals surface area contributed by atoms with E-state index in [0.29, 0.717) is 43.4 Å². The molecule has 1 aromatic rings. The van der Waals surface area contributed by atoms with Crippen LogP contribution in [0.4, 0.5) is 18.9 Å². The summed E-state index contributed by atoms with van der Waals surface area (Å²) in [5.41, 5.74) is 0.628. The summed E-state index contributed by atoms with van der Waals surface area (Å²) < 4.78 is 47.3. The lowest BCUT2D eigenvalue weighted by molar-refractivity contribution is -0.151. The van der Waals surface area contributed by atoms with E-state index in [4.69, 9.17) is 16.3 Å². The number of piperazine rings is 1. The quantitative estimate of drug-likeness (QED) is 0.355. The summed E-state index contributed by atoms with van der Waals surface area (Å²) in [6, 6.07) is 4.46. The molecule has 1 unspecified atom stereocenters. The van der Waals surface area contributed by atoms with Gasteiger partial charge in [0.05, 0.1) is 12.3 Å². The fraction of sp³-hybridized carbons (Fsp3) is 0.462. The van der Waals surface area contributed by atoms with E-state index in [-0.39, 0.29) is 29.2 Å². The maximum Gasteiger partial charge on any atom is 0.399 e. The van der Waals surface area contributed by atoms with Gasteiger partial charge in [-0.25, -0.2) is 0 Å². The molecule has 0 saturated carbocycles. The highest BCUT2D eigenvalue weighted by Crippen LogP contribution is 2.37. The molecule has 1 heterocycles. The fourth-order valence-electron chi connectivity index (χ4n) is 3.85. The number of amides is 2. The Labute approximate surface area is 220 Å². The number of rotatable bonds is 9. The van der Waals surface area contributed by atoms with E-state index < -0.39 is 18.0 Å². The first-order valence-corrected chi connectivity index (χ1v) is 12.7. The number of alkyl halides is 4. The second kappa shape index (κ2) is 13.0. The summed E-state index contributed by atoms with van der Waals surface area (Å²) in [7, 11) is 1.98. The van der Waals surface area contributed by atoms with Crippen LogP contribution in [0, 0.1) is 5.92 Å². The van der Waals surface area contributed by atoms with Crippen LogP contribution in [0.5, 0.6) is 5.75 Å². The predicted octanol–water partition coefficient (Wildman–Crippen LogP) is 4.54. The minimum Gasteiger partial charge on any atom is -0.491 e. The number of benzene rings is 1. The molecule has 11 heteroatoms. The maximum absolute atomic E-state index is 13.9. The highest BCUT2D eigenvalue weighted by atomic mass is 35.5. The normalized spacial score (nSPS) is 19.5. The average molecular weight is 541 g/mol. The highest BCUT2D eigenvalue weighted by molar-refractivity contribution is 6.17. The summed E-state index contributed by atoms with van der Waals surface area (Å²) in [4.78, 5) is 28.9. The summed E-state index contributed by atoms with van der Waals surface area (Å²) in [5.74, 6) is -1.95. The summed E-state index contributed by atoms with van der Waals surface area (Å²) in [6.45, 7) is 4.86. The number of nitrogens with one attached hydrogen (secondary N) is 2. The zero-order chi connectivity index (χ0) is 27.0. The van der Waals surface area contributed by atoms with Crippen LogP contribution in [0.1, 0.15) is 30.1 Å². The largest absolute Gasteiger partial charge is 0.491 e. The smallest absolute Gasteiger partial charge is 0.399 e. The van der Waals surface area contributed by atoms with E-state index in [0.717, 1.165) is 19.2 Å². The van der Waals surface area contributed by atoms with Gasteiger partial charge in [0, 0.05) is 55.9 Å². The number of likely N-dealkylation sites (N-methyl/N-ethyl adjacent to an activating group) is 1. The Morgan fingerprint density at radius 3 is 2.54 bits per heavy atom. The summed E-state index contributed by atoms with van der Waals surface area (Å²) in [6.07, 6.45) is 1.73. The number of allylic oxidation sites excluding steroid dienone is 4. The van der Waals surface area contributed by atoms with Gasteiger partial charge in [0.25, 0.3) is 5.91 Å². The van der Waals surface area contributed by atoms with Crippen LogP contribution in [0.3, 0.4) is 0 Å². The second-order valence-corrected chi connectivity index (χ2v) is 9.28. The predicted molar refractivity (Wildman–Crippen MR) is 138 cm³/mol. The molecule has 0 bridgehead atoms. The van der Waals surface area contributed by atoms with Crippen molar-refractivity contribution in [1.29, 1.82) is 0 Å². The monoisotopic (exact) mass is 540 g/mol. The molecule has 2 aliphatic rings. The molecule has 0 spiro atoms. The van der Waals surface area contributed by atoms with E-state index in [2.05, 4.69) is 15.5 Å².